The summed E-state index contributed by atoms with van der Waals surface area (Å²) in [6.45, 7) is 3.20. The van der Waals surface area contributed by atoms with Gasteiger partial charge in [-0.1, -0.05) is 16.8 Å². The van der Waals surface area contributed by atoms with E-state index in [4.69, 9.17) is 30.3 Å². The zero-order valence-electron chi connectivity index (χ0n) is 15.7. The van der Waals surface area contributed by atoms with Gasteiger partial charge in [0, 0.05) is 16.7 Å². The Morgan fingerprint density at radius 3 is 2.69 bits per heavy atom. The van der Waals surface area contributed by atoms with Crippen LogP contribution in [0.3, 0.4) is 0 Å². The van der Waals surface area contributed by atoms with Crippen LogP contribution in [0.5, 0.6) is 17.2 Å². The summed E-state index contributed by atoms with van der Waals surface area (Å²) in [6.07, 6.45) is -0.232. The Kier molecular flexibility index (Phi) is 5.57. The quantitative estimate of drug-likeness (QED) is 0.657. The predicted octanol–water partition coefficient (Wildman–Crippen LogP) is 3.96. The highest BCUT2D eigenvalue weighted by Crippen LogP contribution is 2.34. The van der Waals surface area contributed by atoms with Crippen molar-refractivity contribution in [3.05, 3.63) is 59.2 Å². The Labute approximate surface area is 172 Å². The van der Waals surface area contributed by atoms with E-state index >= 15 is 0 Å². The molecule has 1 aromatic heterocycles. The van der Waals surface area contributed by atoms with Gasteiger partial charge in [-0.2, -0.15) is 0 Å². The van der Waals surface area contributed by atoms with Gasteiger partial charge in [-0.05, 0) is 49.4 Å². The van der Waals surface area contributed by atoms with Crippen molar-refractivity contribution in [2.24, 2.45) is 0 Å². The fourth-order valence-electron chi connectivity index (χ4n) is 2.83. The average molecular weight is 415 g/mol. The number of amides is 1. The molecule has 29 heavy (non-hydrogen) atoms. The van der Waals surface area contributed by atoms with E-state index in [9.17, 15) is 4.79 Å². The minimum Gasteiger partial charge on any atom is -0.489 e. The van der Waals surface area contributed by atoms with Gasteiger partial charge in [-0.15, -0.1) is 0 Å². The van der Waals surface area contributed by atoms with Crippen LogP contribution in [0.2, 0.25) is 5.02 Å². The number of nitrogens with zero attached hydrogens (tertiary/aromatic N) is 1. The van der Waals surface area contributed by atoms with Crippen LogP contribution in [0.4, 0.5) is 0 Å². The lowest BCUT2D eigenvalue weighted by atomic mass is 10.1. The number of hydrogen-bond acceptors (Lipinski definition) is 6. The summed E-state index contributed by atoms with van der Waals surface area (Å²) in [5.74, 6) is 2.14. The monoisotopic (exact) mass is 414 g/mol. The standard InChI is InChI=1S/C21H19ClN2O5/c1-13(28-16-5-3-15(22)4-6-16)12-23-21(25)17-11-19(29-24-17)14-2-7-18-20(10-14)27-9-8-26-18/h2-7,10-11,13H,8-9,12H2,1H3,(H,23,25). The SMILES string of the molecule is CC(CNC(=O)c1cc(-c2ccc3c(c2)OCCO3)on1)Oc1ccc(Cl)cc1. The molecule has 2 heterocycles. The number of rotatable bonds is 6. The number of fused-ring (bicyclic) bond motifs is 1. The summed E-state index contributed by atoms with van der Waals surface area (Å²) in [5.41, 5.74) is 0.939. The average Bonchev–Trinajstić information content (AvgIpc) is 3.24. The second-order valence-electron chi connectivity index (χ2n) is 6.53. The van der Waals surface area contributed by atoms with Gasteiger partial charge in [0.15, 0.2) is 23.0 Å². The first kappa shape index (κ1) is 19.1. The van der Waals surface area contributed by atoms with Gasteiger partial charge in [-0.3, -0.25) is 4.79 Å². The third-order valence-electron chi connectivity index (χ3n) is 4.27. The number of benzene rings is 2. The topological polar surface area (TPSA) is 82.8 Å². The molecule has 0 saturated heterocycles. The molecule has 0 fully saturated rings. The molecule has 0 spiro atoms. The molecule has 7 nitrogen and oxygen atoms in total. The number of hydrogen-bond donors (Lipinski definition) is 1. The van der Waals surface area contributed by atoms with Gasteiger partial charge in [-0.25, -0.2) is 0 Å². The smallest absolute Gasteiger partial charge is 0.273 e. The first-order valence-electron chi connectivity index (χ1n) is 9.15. The predicted molar refractivity (Wildman–Crippen MR) is 107 cm³/mol. The fraction of sp³-hybridized carbons (Fsp3) is 0.238. The van der Waals surface area contributed by atoms with E-state index in [2.05, 4.69) is 10.5 Å². The first-order valence-corrected chi connectivity index (χ1v) is 9.53. The van der Waals surface area contributed by atoms with Crippen LogP contribution in [0.1, 0.15) is 17.4 Å². The number of halogens is 1. The Balaban J connectivity index is 1.35. The van der Waals surface area contributed by atoms with E-state index in [0.717, 1.165) is 5.56 Å². The molecule has 0 radical (unpaired) electrons. The third kappa shape index (κ3) is 4.63. The summed E-state index contributed by atoms with van der Waals surface area (Å²) in [7, 11) is 0. The third-order valence-corrected chi connectivity index (χ3v) is 4.52. The lowest BCUT2D eigenvalue weighted by Crippen LogP contribution is -2.33. The van der Waals surface area contributed by atoms with Crippen LogP contribution < -0.4 is 19.5 Å². The van der Waals surface area contributed by atoms with Crippen LogP contribution >= 0.6 is 11.6 Å². The molecule has 1 amide bonds. The molecular weight excluding hydrogens is 396 g/mol. The molecule has 1 unspecified atom stereocenters. The van der Waals surface area contributed by atoms with Crippen LogP contribution in [-0.2, 0) is 0 Å². The summed E-state index contributed by atoms with van der Waals surface area (Å²) < 4.78 is 22.1. The van der Waals surface area contributed by atoms with E-state index in [1.807, 2.05) is 19.1 Å². The van der Waals surface area contributed by atoms with E-state index in [1.165, 1.54) is 0 Å². The van der Waals surface area contributed by atoms with Crippen molar-refractivity contribution in [3.8, 4) is 28.6 Å². The highest BCUT2D eigenvalue weighted by atomic mass is 35.5. The zero-order valence-corrected chi connectivity index (χ0v) is 16.4. The molecule has 1 atom stereocenters. The van der Waals surface area contributed by atoms with Crippen molar-refractivity contribution >= 4 is 17.5 Å². The first-order chi connectivity index (χ1) is 14.1. The summed E-state index contributed by atoms with van der Waals surface area (Å²) in [6, 6.07) is 14.1. The summed E-state index contributed by atoms with van der Waals surface area (Å²) in [5, 5.41) is 7.29. The molecule has 0 saturated carbocycles. The Morgan fingerprint density at radius 2 is 1.90 bits per heavy atom. The van der Waals surface area contributed by atoms with Crippen molar-refractivity contribution in [3.63, 3.8) is 0 Å². The Bertz CT molecular complexity index is 1000. The van der Waals surface area contributed by atoms with Crippen molar-refractivity contribution in [1.82, 2.24) is 10.5 Å². The van der Waals surface area contributed by atoms with E-state index in [1.54, 1.807) is 36.4 Å². The Morgan fingerprint density at radius 1 is 1.14 bits per heavy atom. The molecule has 0 aliphatic carbocycles. The molecule has 3 aromatic rings. The van der Waals surface area contributed by atoms with Crippen molar-refractivity contribution in [1.29, 1.82) is 0 Å². The van der Waals surface area contributed by atoms with Crippen molar-refractivity contribution in [2.45, 2.75) is 13.0 Å². The Hall–Kier alpha value is -3.19. The maximum absolute atomic E-state index is 12.4. The van der Waals surface area contributed by atoms with Gasteiger partial charge in [0.05, 0.1) is 6.54 Å². The lowest BCUT2D eigenvalue weighted by molar-refractivity contribution is 0.0923. The van der Waals surface area contributed by atoms with Gasteiger partial charge >= 0.3 is 0 Å². The molecular formula is C21H19ClN2O5. The second kappa shape index (κ2) is 8.45. The molecule has 8 heteroatoms. The van der Waals surface area contributed by atoms with E-state index in [-0.39, 0.29) is 17.7 Å². The fourth-order valence-corrected chi connectivity index (χ4v) is 2.96. The summed E-state index contributed by atoms with van der Waals surface area (Å²) in [4.78, 5) is 12.4. The number of aromatic nitrogens is 1. The maximum atomic E-state index is 12.4. The van der Waals surface area contributed by atoms with Crippen molar-refractivity contribution in [2.75, 3.05) is 19.8 Å². The maximum Gasteiger partial charge on any atom is 0.273 e. The summed E-state index contributed by atoms with van der Waals surface area (Å²) >= 11 is 5.86. The molecule has 1 N–H and O–H groups in total. The van der Waals surface area contributed by atoms with Gasteiger partial charge in [0.2, 0.25) is 0 Å². The minimum absolute atomic E-state index is 0.189. The number of carbonyl (C=O) groups excluding carboxylic acids is 1. The number of ether oxygens (including phenoxy) is 3. The molecule has 1 aliphatic heterocycles. The molecule has 1 aliphatic rings. The molecule has 0 bridgehead atoms. The van der Waals surface area contributed by atoms with Crippen LogP contribution in [0, 0.1) is 0 Å². The number of nitrogens with one attached hydrogen (secondary N) is 1. The molecule has 2 aromatic carbocycles. The molecule has 150 valence electrons. The highest BCUT2D eigenvalue weighted by Gasteiger charge is 2.17. The normalized spacial score (nSPS) is 13.6. The second-order valence-corrected chi connectivity index (χ2v) is 6.96. The molecule has 4 rings (SSSR count). The van der Waals surface area contributed by atoms with Crippen molar-refractivity contribution < 1.29 is 23.5 Å². The van der Waals surface area contributed by atoms with Gasteiger partial charge in [0.25, 0.3) is 5.91 Å². The minimum atomic E-state index is -0.343. The van der Waals surface area contributed by atoms with Crippen LogP contribution in [0.25, 0.3) is 11.3 Å². The van der Waals surface area contributed by atoms with Crippen LogP contribution in [0.15, 0.2) is 53.1 Å². The number of carbonyl (C=O) groups is 1. The highest BCUT2D eigenvalue weighted by molar-refractivity contribution is 6.30. The van der Waals surface area contributed by atoms with E-state index in [0.29, 0.717) is 47.8 Å². The van der Waals surface area contributed by atoms with Crippen LogP contribution in [-0.4, -0.2) is 36.9 Å². The van der Waals surface area contributed by atoms with Gasteiger partial charge in [0.1, 0.15) is 25.1 Å². The van der Waals surface area contributed by atoms with E-state index < -0.39 is 0 Å². The zero-order chi connectivity index (χ0) is 20.2. The van der Waals surface area contributed by atoms with Gasteiger partial charge < -0.3 is 24.1 Å². The largest absolute Gasteiger partial charge is 0.489 e. The lowest BCUT2D eigenvalue weighted by Gasteiger charge is -2.18.